The van der Waals surface area contributed by atoms with Gasteiger partial charge in [-0.1, -0.05) is 24.2 Å². The van der Waals surface area contributed by atoms with Gasteiger partial charge in [0.15, 0.2) is 5.82 Å². The van der Waals surface area contributed by atoms with E-state index >= 15 is 0 Å². The number of hydrogen-bond donors (Lipinski definition) is 0. The Kier molecular flexibility index (Phi) is 4.75. The van der Waals surface area contributed by atoms with E-state index in [1.165, 1.54) is 0 Å². The van der Waals surface area contributed by atoms with Crippen LogP contribution in [0.15, 0.2) is 22.7 Å². The summed E-state index contributed by atoms with van der Waals surface area (Å²) in [5.74, 6) is 1.35. The van der Waals surface area contributed by atoms with E-state index < -0.39 is 0 Å². The summed E-state index contributed by atoms with van der Waals surface area (Å²) in [6.45, 7) is 7.49. The Labute approximate surface area is 140 Å². The van der Waals surface area contributed by atoms with E-state index in [-0.39, 0.29) is 10.6 Å². The second-order valence-corrected chi connectivity index (χ2v) is 5.92. The third kappa shape index (κ3) is 3.38. The van der Waals surface area contributed by atoms with Gasteiger partial charge in [0, 0.05) is 38.2 Å². The molecule has 0 amide bonds. The molecule has 24 heavy (non-hydrogen) atoms. The van der Waals surface area contributed by atoms with Crippen molar-refractivity contribution in [1.82, 2.24) is 15.0 Å². The molecule has 0 atom stereocenters. The van der Waals surface area contributed by atoms with Crippen molar-refractivity contribution < 1.29 is 9.45 Å². The Hall–Kier alpha value is -2.48. The fourth-order valence-corrected chi connectivity index (χ4v) is 2.98. The quantitative estimate of drug-likeness (QED) is 0.613. The van der Waals surface area contributed by atoms with Crippen molar-refractivity contribution in [3.63, 3.8) is 0 Å². The number of rotatable bonds is 5. The lowest BCUT2D eigenvalue weighted by Gasteiger charge is -2.35. The minimum Gasteiger partial charge on any atom is -0.363 e. The first-order chi connectivity index (χ1) is 11.6. The summed E-state index contributed by atoms with van der Waals surface area (Å²) < 4.78 is 5.13. The van der Waals surface area contributed by atoms with Gasteiger partial charge in [-0.3, -0.25) is 15.0 Å². The van der Waals surface area contributed by atoms with Crippen molar-refractivity contribution in [3.8, 4) is 0 Å². The largest absolute Gasteiger partial charge is 0.363 e. The number of aryl methyl sites for hydroxylation is 2. The number of nitrogens with zero attached hydrogens (tertiary/aromatic N) is 5. The maximum absolute atomic E-state index is 11.4. The molecular weight excluding hydrogens is 310 g/mol. The van der Waals surface area contributed by atoms with Crippen molar-refractivity contribution in [2.24, 2.45) is 0 Å². The Morgan fingerprint density at radius 1 is 1.29 bits per heavy atom. The highest BCUT2D eigenvalue weighted by Crippen LogP contribution is 2.31. The van der Waals surface area contributed by atoms with Crippen LogP contribution in [0.1, 0.15) is 24.2 Å². The van der Waals surface area contributed by atoms with E-state index in [1.54, 1.807) is 13.0 Å². The zero-order chi connectivity index (χ0) is 17.1. The smallest absolute Gasteiger partial charge is 0.295 e. The second kappa shape index (κ2) is 6.96. The molecule has 1 fully saturated rings. The topological polar surface area (TPSA) is 88.5 Å². The number of nitro benzene ring substituents is 1. The van der Waals surface area contributed by atoms with Crippen LogP contribution in [-0.4, -0.2) is 46.1 Å². The van der Waals surface area contributed by atoms with Crippen LogP contribution in [0, 0.1) is 17.0 Å². The molecule has 3 rings (SSSR count). The summed E-state index contributed by atoms with van der Waals surface area (Å²) in [6.07, 6.45) is 0.734. The minimum atomic E-state index is -0.289. The monoisotopic (exact) mass is 331 g/mol. The Morgan fingerprint density at radius 3 is 2.67 bits per heavy atom. The molecule has 0 N–H and O–H groups in total. The van der Waals surface area contributed by atoms with Gasteiger partial charge in [-0.25, -0.2) is 0 Å². The average Bonchev–Trinajstić information content (AvgIpc) is 3.02. The fourth-order valence-electron chi connectivity index (χ4n) is 2.98. The molecule has 0 saturated carbocycles. The van der Waals surface area contributed by atoms with Crippen LogP contribution in [0.2, 0.25) is 0 Å². The summed E-state index contributed by atoms with van der Waals surface area (Å²) in [6, 6.07) is 5.47. The van der Waals surface area contributed by atoms with Crippen molar-refractivity contribution in [2.45, 2.75) is 26.8 Å². The molecule has 1 aromatic heterocycles. The van der Waals surface area contributed by atoms with Crippen LogP contribution in [0.3, 0.4) is 0 Å². The fraction of sp³-hybridized carbons (Fsp3) is 0.500. The summed E-state index contributed by atoms with van der Waals surface area (Å²) in [5, 5.41) is 15.3. The van der Waals surface area contributed by atoms with Crippen LogP contribution in [0.5, 0.6) is 0 Å². The number of hydrogen-bond acceptors (Lipinski definition) is 7. The molecule has 8 nitrogen and oxygen atoms in total. The van der Waals surface area contributed by atoms with Gasteiger partial charge in [0.05, 0.1) is 11.5 Å². The molecular formula is C16H21N5O3. The van der Waals surface area contributed by atoms with E-state index in [2.05, 4.69) is 19.9 Å². The molecule has 0 spiro atoms. The maximum Gasteiger partial charge on any atom is 0.295 e. The van der Waals surface area contributed by atoms with Gasteiger partial charge in [-0.15, -0.1) is 0 Å². The number of anilines is 1. The number of aromatic nitrogens is 2. The Morgan fingerprint density at radius 2 is 2.04 bits per heavy atom. The predicted octanol–water partition coefficient (Wildman–Crippen LogP) is 2.17. The van der Waals surface area contributed by atoms with Gasteiger partial charge < -0.3 is 9.42 Å². The van der Waals surface area contributed by atoms with Gasteiger partial charge in [0.1, 0.15) is 5.69 Å². The van der Waals surface area contributed by atoms with Crippen molar-refractivity contribution in [2.75, 3.05) is 31.1 Å². The number of piperazine rings is 1. The first-order valence-electron chi connectivity index (χ1n) is 8.11. The van der Waals surface area contributed by atoms with E-state index in [4.69, 9.17) is 4.52 Å². The molecule has 0 bridgehead atoms. The van der Waals surface area contributed by atoms with Crippen molar-refractivity contribution in [3.05, 3.63) is 45.6 Å². The van der Waals surface area contributed by atoms with Gasteiger partial charge in [-0.05, 0) is 13.0 Å². The molecule has 0 radical (unpaired) electrons. The lowest BCUT2D eigenvalue weighted by Crippen LogP contribution is -2.46. The van der Waals surface area contributed by atoms with Gasteiger partial charge >= 0.3 is 0 Å². The highest BCUT2D eigenvalue weighted by Gasteiger charge is 2.25. The zero-order valence-corrected chi connectivity index (χ0v) is 13.9. The van der Waals surface area contributed by atoms with E-state index in [0.29, 0.717) is 29.5 Å². The molecule has 1 aliphatic heterocycles. The molecule has 8 heteroatoms. The van der Waals surface area contributed by atoms with Crippen molar-refractivity contribution >= 4 is 11.4 Å². The normalized spacial score (nSPS) is 15.7. The first-order valence-corrected chi connectivity index (χ1v) is 8.11. The molecule has 2 aromatic rings. The Balaban J connectivity index is 1.65. The maximum atomic E-state index is 11.4. The van der Waals surface area contributed by atoms with Crippen LogP contribution in [-0.2, 0) is 13.0 Å². The number of nitro groups is 1. The summed E-state index contributed by atoms with van der Waals surface area (Å²) >= 11 is 0. The highest BCUT2D eigenvalue weighted by molar-refractivity contribution is 5.66. The van der Waals surface area contributed by atoms with Crippen LogP contribution in [0.4, 0.5) is 11.4 Å². The molecule has 0 unspecified atom stereocenters. The third-order valence-electron chi connectivity index (χ3n) is 4.29. The molecule has 1 aromatic carbocycles. The lowest BCUT2D eigenvalue weighted by molar-refractivity contribution is -0.384. The van der Waals surface area contributed by atoms with Crippen LogP contribution in [0.25, 0.3) is 0 Å². The van der Waals surface area contributed by atoms with Crippen LogP contribution >= 0.6 is 0 Å². The Bertz CT molecular complexity index is 722. The molecule has 1 saturated heterocycles. The van der Waals surface area contributed by atoms with Gasteiger partial charge in [0.2, 0.25) is 5.89 Å². The third-order valence-corrected chi connectivity index (χ3v) is 4.29. The minimum absolute atomic E-state index is 0.205. The number of para-hydroxylation sites is 1. The zero-order valence-electron chi connectivity index (χ0n) is 13.9. The highest BCUT2D eigenvalue weighted by atomic mass is 16.6. The standard InChI is InChI=1S/C16H21N5O3/c1-3-15-17-14(18-24-15)11-19-7-9-20(10-8-19)13-6-4-5-12(2)16(13)21(22)23/h4-6H,3,7-11H2,1-2H3. The lowest BCUT2D eigenvalue weighted by atomic mass is 10.1. The van der Waals surface area contributed by atoms with E-state index in [0.717, 1.165) is 32.6 Å². The van der Waals surface area contributed by atoms with Crippen molar-refractivity contribution in [1.29, 1.82) is 0 Å². The molecule has 1 aliphatic rings. The predicted molar refractivity (Wildman–Crippen MR) is 89.0 cm³/mol. The molecule has 0 aliphatic carbocycles. The SMILES string of the molecule is CCc1nc(CN2CCN(c3cccc(C)c3[N+](=O)[O-])CC2)no1. The number of benzene rings is 1. The second-order valence-electron chi connectivity index (χ2n) is 5.92. The van der Waals surface area contributed by atoms with Crippen LogP contribution < -0.4 is 4.90 Å². The summed E-state index contributed by atoms with van der Waals surface area (Å²) in [5.41, 5.74) is 1.60. The van der Waals surface area contributed by atoms with Gasteiger partial charge in [0.25, 0.3) is 5.69 Å². The van der Waals surface area contributed by atoms with E-state index in [9.17, 15) is 10.1 Å². The van der Waals surface area contributed by atoms with Gasteiger partial charge in [-0.2, -0.15) is 4.98 Å². The van der Waals surface area contributed by atoms with E-state index in [1.807, 2.05) is 19.1 Å². The summed E-state index contributed by atoms with van der Waals surface area (Å²) in [7, 11) is 0. The average molecular weight is 331 g/mol. The summed E-state index contributed by atoms with van der Waals surface area (Å²) in [4.78, 5) is 19.7. The molecule has 128 valence electrons. The first kappa shape index (κ1) is 16.4. The molecule has 2 heterocycles.